The molecule has 0 N–H and O–H groups in total. The van der Waals surface area contributed by atoms with Crippen molar-refractivity contribution in [2.75, 3.05) is 0 Å². The van der Waals surface area contributed by atoms with Gasteiger partial charge in [0, 0.05) is 25.6 Å². The van der Waals surface area contributed by atoms with Crippen LogP contribution in [0.1, 0.15) is 23.9 Å². The summed E-state index contributed by atoms with van der Waals surface area (Å²) in [5, 5.41) is 4.32. The Kier molecular flexibility index (Phi) is 4.10. The van der Waals surface area contributed by atoms with Crippen LogP contribution in [0.4, 0.5) is 4.39 Å². The van der Waals surface area contributed by atoms with Crippen LogP contribution < -0.4 is 0 Å². The Morgan fingerprint density at radius 3 is 2.53 bits per heavy atom. The van der Waals surface area contributed by atoms with E-state index in [0.717, 1.165) is 23.4 Å². The average Bonchev–Trinajstić information content (AvgIpc) is 2.73. The van der Waals surface area contributed by atoms with Crippen LogP contribution in [0.3, 0.4) is 0 Å². The molecule has 0 amide bonds. The van der Waals surface area contributed by atoms with Gasteiger partial charge in [0.05, 0.1) is 5.69 Å². The molecule has 0 saturated carbocycles. The van der Waals surface area contributed by atoms with Gasteiger partial charge in [0.15, 0.2) is 0 Å². The number of aryl methyl sites for hydroxylation is 2. The summed E-state index contributed by atoms with van der Waals surface area (Å²) in [6.45, 7) is 2.03. The molecule has 1 aromatic carbocycles. The molecule has 19 heavy (non-hydrogen) atoms. The third-order valence-electron chi connectivity index (χ3n) is 3.08. The maximum atomic E-state index is 12.8. The van der Waals surface area contributed by atoms with Gasteiger partial charge < -0.3 is 0 Å². The van der Waals surface area contributed by atoms with Crippen LogP contribution in [0.25, 0.3) is 0 Å². The fourth-order valence-corrected chi connectivity index (χ4v) is 2.00. The van der Waals surface area contributed by atoms with Gasteiger partial charge in [-0.2, -0.15) is 5.10 Å². The van der Waals surface area contributed by atoms with Crippen molar-refractivity contribution in [3.05, 3.63) is 53.1 Å². The van der Waals surface area contributed by atoms with Crippen LogP contribution in [0.15, 0.2) is 30.3 Å². The number of hydrogen-bond acceptors (Lipinski definition) is 2. The molecule has 0 unspecified atom stereocenters. The van der Waals surface area contributed by atoms with Gasteiger partial charge in [-0.25, -0.2) is 4.39 Å². The standard InChI is InChI=1S/C15H17FN2O/c1-3-13-9-14(18(2)17-13)10-15(19)8-11-4-6-12(16)7-5-11/h4-7,9H,3,8,10H2,1-2H3. The number of Topliss-reactive ketones (excluding diaryl/α,β-unsaturated/α-hetero) is 1. The fourth-order valence-electron chi connectivity index (χ4n) is 2.00. The molecule has 3 nitrogen and oxygen atoms in total. The minimum atomic E-state index is -0.282. The second kappa shape index (κ2) is 5.78. The number of ketones is 1. The van der Waals surface area contributed by atoms with Gasteiger partial charge in [0.1, 0.15) is 11.6 Å². The third-order valence-corrected chi connectivity index (χ3v) is 3.08. The predicted molar refractivity (Wildman–Crippen MR) is 71.4 cm³/mol. The van der Waals surface area contributed by atoms with E-state index in [4.69, 9.17) is 0 Å². The molecule has 0 aliphatic carbocycles. The Labute approximate surface area is 112 Å². The molecule has 0 spiro atoms. The van der Waals surface area contributed by atoms with Gasteiger partial charge in [-0.05, 0) is 30.2 Å². The van der Waals surface area contributed by atoms with E-state index in [2.05, 4.69) is 5.10 Å². The first-order valence-electron chi connectivity index (χ1n) is 6.36. The van der Waals surface area contributed by atoms with Crippen molar-refractivity contribution >= 4 is 5.78 Å². The van der Waals surface area contributed by atoms with Crippen LogP contribution in [-0.2, 0) is 31.1 Å². The van der Waals surface area contributed by atoms with E-state index in [1.807, 2.05) is 20.0 Å². The van der Waals surface area contributed by atoms with Gasteiger partial charge in [0.2, 0.25) is 0 Å². The summed E-state index contributed by atoms with van der Waals surface area (Å²) in [7, 11) is 1.85. The van der Waals surface area contributed by atoms with E-state index in [1.54, 1.807) is 16.8 Å². The number of carbonyl (C=O) groups is 1. The Bertz CT molecular complexity index is 572. The monoisotopic (exact) mass is 260 g/mol. The highest BCUT2D eigenvalue weighted by Crippen LogP contribution is 2.09. The third kappa shape index (κ3) is 3.50. The molecule has 0 atom stereocenters. The minimum absolute atomic E-state index is 0.109. The number of rotatable bonds is 5. The Balaban J connectivity index is 2.00. The van der Waals surface area contributed by atoms with Crippen LogP contribution in [0, 0.1) is 5.82 Å². The molecule has 1 aromatic heterocycles. The van der Waals surface area contributed by atoms with Crippen molar-refractivity contribution in [1.82, 2.24) is 9.78 Å². The molecule has 0 aliphatic heterocycles. The maximum absolute atomic E-state index is 12.8. The molecular weight excluding hydrogens is 243 g/mol. The lowest BCUT2D eigenvalue weighted by Crippen LogP contribution is -2.10. The number of hydrogen-bond donors (Lipinski definition) is 0. The lowest BCUT2D eigenvalue weighted by Gasteiger charge is -2.02. The summed E-state index contributed by atoms with van der Waals surface area (Å²) >= 11 is 0. The highest BCUT2D eigenvalue weighted by molar-refractivity contribution is 5.82. The van der Waals surface area contributed by atoms with Crippen molar-refractivity contribution in [2.45, 2.75) is 26.2 Å². The summed E-state index contributed by atoms with van der Waals surface area (Å²) in [4.78, 5) is 12.0. The second-order valence-corrected chi connectivity index (χ2v) is 4.62. The lowest BCUT2D eigenvalue weighted by atomic mass is 10.1. The molecule has 4 heteroatoms. The summed E-state index contributed by atoms with van der Waals surface area (Å²) in [6, 6.07) is 8.01. The zero-order valence-corrected chi connectivity index (χ0v) is 11.2. The quantitative estimate of drug-likeness (QED) is 0.827. The van der Waals surface area contributed by atoms with Crippen molar-refractivity contribution in [3.8, 4) is 0 Å². The average molecular weight is 260 g/mol. The van der Waals surface area contributed by atoms with Gasteiger partial charge in [-0.1, -0.05) is 19.1 Å². The fraction of sp³-hybridized carbons (Fsp3) is 0.333. The first-order valence-corrected chi connectivity index (χ1v) is 6.36. The lowest BCUT2D eigenvalue weighted by molar-refractivity contribution is -0.117. The molecule has 0 radical (unpaired) electrons. The van der Waals surface area contributed by atoms with E-state index in [0.29, 0.717) is 12.8 Å². The zero-order valence-electron chi connectivity index (χ0n) is 11.2. The van der Waals surface area contributed by atoms with Gasteiger partial charge in [0.25, 0.3) is 0 Å². The Morgan fingerprint density at radius 2 is 1.95 bits per heavy atom. The Morgan fingerprint density at radius 1 is 1.26 bits per heavy atom. The van der Waals surface area contributed by atoms with E-state index in [9.17, 15) is 9.18 Å². The molecule has 0 fully saturated rings. The molecule has 0 bridgehead atoms. The van der Waals surface area contributed by atoms with Crippen LogP contribution in [0.2, 0.25) is 0 Å². The summed E-state index contributed by atoms with van der Waals surface area (Å²) in [5.41, 5.74) is 2.75. The summed E-state index contributed by atoms with van der Waals surface area (Å²) in [6.07, 6.45) is 1.55. The van der Waals surface area contributed by atoms with Crippen molar-refractivity contribution in [1.29, 1.82) is 0 Å². The predicted octanol–water partition coefficient (Wildman–Crippen LogP) is 2.48. The zero-order chi connectivity index (χ0) is 13.8. The SMILES string of the molecule is CCc1cc(CC(=O)Cc2ccc(F)cc2)n(C)n1. The highest BCUT2D eigenvalue weighted by Gasteiger charge is 2.10. The molecule has 2 rings (SSSR count). The van der Waals surface area contributed by atoms with Crippen LogP contribution >= 0.6 is 0 Å². The van der Waals surface area contributed by atoms with Gasteiger partial charge in [-0.15, -0.1) is 0 Å². The summed E-state index contributed by atoms with van der Waals surface area (Å²) < 4.78 is 14.5. The van der Waals surface area contributed by atoms with Crippen molar-refractivity contribution < 1.29 is 9.18 Å². The van der Waals surface area contributed by atoms with Crippen LogP contribution in [-0.4, -0.2) is 15.6 Å². The molecule has 2 aromatic rings. The van der Waals surface area contributed by atoms with E-state index in [-0.39, 0.29) is 11.6 Å². The number of halogens is 1. The molecule has 0 saturated heterocycles. The molecular formula is C15H17FN2O. The van der Waals surface area contributed by atoms with Gasteiger partial charge in [-0.3, -0.25) is 9.48 Å². The molecule has 1 heterocycles. The second-order valence-electron chi connectivity index (χ2n) is 4.62. The van der Waals surface area contributed by atoms with Crippen molar-refractivity contribution in [3.63, 3.8) is 0 Å². The van der Waals surface area contributed by atoms with E-state index >= 15 is 0 Å². The largest absolute Gasteiger partial charge is 0.299 e. The topological polar surface area (TPSA) is 34.9 Å². The maximum Gasteiger partial charge on any atom is 0.143 e. The first kappa shape index (κ1) is 13.5. The van der Waals surface area contributed by atoms with E-state index < -0.39 is 0 Å². The van der Waals surface area contributed by atoms with Crippen LogP contribution in [0.5, 0.6) is 0 Å². The number of aromatic nitrogens is 2. The number of benzene rings is 1. The Hall–Kier alpha value is -1.97. The minimum Gasteiger partial charge on any atom is -0.299 e. The summed E-state index contributed by atoms with van der Waals surface area (Å²) in [5.74, 6) is -0.173. The first-order chi connectivity index (χ1) is 9.08. The number of carbonyl (C=O) groups excluding carboxylic acids is 1. The van der Waals surface area contributed by atoms with Gasteiger partial charge >= 0.3 is 0 Å². The highest BCUT2D eigenvalue weighted by atomic mass is 19.1. The number of nitrogens with zero attached hydrogens (tertiary/aromatic N) is 2. The smallest absolute Gasteiger partial charge is 0.143 e. The van der Waals surface area contributed by atoms with Crippen molar-refractivity contribution in [2.24, 2.45) is 7.05 Å². The van der Waals surface area contributed by atoms with E-state index in [1.165, 1.54) is 12.1 Å². The normalized spacial score (nSPS) is 10.7. The molecule has 100 valence electrons. The molecule has 0 aliphatic rings.